The van der Waals surface area contributed by atoms with Crippen molar-refractivity contribution in [1.29, 1.82) is 0 Å². The summed E-state index contributed by atoms with van der Waals surface area (Å²) in [5, 5.41) is 8.73. The molecule has 82 valence electrons. The highest BCUT2D eigenvalue weighted by Crippen LogP contribution is 2.27. The first kappa shape index (κ1) is 11.5. The first-order chi connectivity index (χ1) is 6.60. The molecule has 1 aliphatic rings. The summed E-state index contributed by atoms with van der Waals surface area (Å²) in [5.74, 6) is -0.0220. The molecule has 0 spiro atoms. The summed E-state index contributed by atoms with van der Waals surface area (Å²) in [7, 11) is 1.70. The second-order valence-electron chi connectivity index (χ2n) is 4.17. The smallest absolute Gasteiger partial charge is 0.242 e. The normalized spacial score (nSPS) is 20.5. The van der Waals surface area contributed by atoms with Crippen LogP contribution in [-0.2, 0) is 4.79 Å². The predicted molar refractivity (Wildman–Crippen MR) is 54.7 cm³/mol. The van der Waals surface area contributed by atoms with E-state index in [4.69, 9.17) is 10.8 Å². The number of nitrogens with zero attached hydrogens (tertiary/aromatic N) is 1. The van der Waals surface area contributed by atoms with Gasteiger partial charge in [-0.25, -0.2) is 0 Å². The molecule has 4 nitrogen and oxygen atoms in total. The number of aliphatic hydroxyl groups excluding tert-OH is 1. The Labute approximate surface area is 85.1 Å². The van der Waals surface area contributed by atoms with Crippen LogP contribution in [0.1, 0.15) is 32.1 Å². The molecule has 0 atom stereocenters. The molecular weight excluding hydrogens is 180 g/mol. The molecule has 3 N–H and O–H groups in total. The van der Waals surface area contributed by atoms with Crippen LogP contribution >= 0.6 is 0 Å². The molecule has 14 heavy (non-hydrogen) atoms. The molecule has 0 radical (unpaired) electrons. The monoisotopic (exact) mass is 200 g/mol. The van der Waals surface area contributed by atoms with Gasteiger partial charge < -0.3 is 15.7 Å². The summed E-state index contributed by atoms with van der Waals surface area (Å²) >= 11 is 0. The lowest BCUT2D eigenvalue weighted by Crippen LogP contribution is -2.55. The SMILES string of the molecule is CN(CCO)C(=O)C1(N)CCCCC1. The van der Waals surface area contributed by atoms with Gasteiger partial charge >= 0.3 is 0 Å². The molecule has 1 rings (SSSR count). The van der Waals surface area contributed by atoms with E-state index in [1.807, 2.05) is 0 Å². The summed E-state index contributed by atoms with van der Waals surface area (Å²) < 4.78 is 0. The molecule has 0 aromatic heterocycles. The van der Waals surface area contributed by atoms with Gasteiger partial charge in [0.25, 0.3) is 0 Å². The third kappa shape index (κ3) is 2.45. The average molecular weight is 200 g/mol. The van der Waals surface area contributed by atoms with E-state index < -0.39 is 5.54 Å². The van der Waals surface area contributed by atoms with E-state index >= 15 is 0 Å². The van der Waals surface area contributed by atoms with Crippen LogP contribution in [0.5, 0.6) is 0 Å². The number of hydrogen-bond acceptors (Lipinski definition) is 3. The molecule has 1 saturated carbocycles. The molecule has 0 bridgehead atoms. The topological polar surface area (TPSA) is 66.6 Å². The first-order valence-corrected chi connectivity index (χ1v) is 5.25. The predicted octanol–water partition coefficient (Wildman–Crippen LogP) is 0.0987. The van der Waals surface area contributed by atoms with Gasteiger partial charge in [-0.05, 0) is 12.8 Å². The fourth-order valence-corrected chi connectivity index (χ4v) is 2.03. The van der Waals surface area contributed by atoms with E-state index in [0.717, 1.165) is 25.7 Å². The summed E-state index contributed by atoms with van der Waals surface area (Å²) in [6.45, 7) is 0.371. The standard InChI is InChI=1S/C10H20N2O2/c1-12(7-8-13)9(14)10(11)5-3-2-4-6-10/h13H,2-8,11H2,1H3. The van der Waals surface area contributed by atoms with Crippen LogP contribution in [-0.4, -0.2) is 41.7 Å². The maximum Gasteiger partial charge on any atom is 0.242 e. The van der Waals surface area contributed by atoms with Crippen LogP contribution < -0.4 is 5.73 Å². The van der Waals surface area contributed by atoms with Gasteiger partial charge in [0.1, 0.15) is 0 Å². The molecule has 4 heteroatoms. The Hall–Kier alpha value is -0.610. The lowest BCUT2D eigenvalue weighted by molar-refractivity contribution is -0.137. The summed E-state index contributed by atoms with van der Waals surface area (Å²) in [5.41, 5.74) is 5.40. The highest BCUT2D eigenvalue weighted by Gasteiger charge is 2.36. The molecule has 1 fully saturated rings. The fraction of sp³-hybridized carbons (Fsp3) is 0.900. The average Bonchev–Trinajstić information content (AvgIpc) is 2.18. The van der Waals surface area contributed by atoms with Crippen molar-refractivity contribution in [2.75, 3.05) is 20.2 Å². The minimum absolute atomic E-state index is 0.00167. The molecule has 0 aromatic carbocycles. The van der Waals surface area contributed by atoms with E-state index in [0.29, 0.717) is 6.54 Å². The maximum absolute atomic E-state index is 11.9. The van der Waals surface area contributed by atoms with E-state index in [-0.39, 0.29) is 12.5 Å². The van der Waals surface area contributed by atoms with E-state index in [2.05, 4.69) is 0 Å². The van der Waals surface area contributed by atoms with Crippen LogP contribution in [0.25, 0.3) is 0 Å². The third-order valence-electron chi connectivity index (χ3n) is 2.95. The van der Waals surface area contributed by atoms with E-state index in [9.17, 15) is 4.79 Å². The molecular formula is C10H20N2O2. The van der Waals surface area contributed by atoms with Gasteiger partial charge in [-0.3, -0.25) is 4.79 Å². The van der Waals surface area contributed by atoms with Crippen LogP contribution in [0.4, 0.5) is 0 Å². The Bertz CT molecular complexity index is 200. The third-order valence-corrected chi connectivity index (χ3v) is 2.95. The zero-order valence-electron chi connectivity index (χ0n) is 8.83. The van der Waals surface area contributed by atoms with Gasteiger partial charge in [0.05, 0.1) is 12.1 Å². The van der Waals surface area contributed by atoms with E-state index in [1.165, 1.54) is 11.3 Å². The Morgan fingerprint density at radius 1 is 1.43 bits per heavy atom. The summed E-state index contributed by atoms with van der Waals surface area (Å²) in [4.78, 5) is 13.4. The summed E-state index contributed by atoms with van der Waals surface area (Å²) in [6.07, 6.45) is 4.81. The highest BCUT2D eigenvalue weighted by atomic mass is 16.3. The van der Waals surface area contributed by atoms with Gasteiger partial charge in [-0.1, -0.05) is 19.3 Å². The van der Waals surface area contributed by atoms with Gasteiger partial charge in [-0.15, -0.1) is 0 Å². The highest BCUT2D eigenvalue weighted by molar-refractivity contribution is 5.86. The number of carbonyl (C=O) groups excluding carboxylic acids is 1. The van der Waals surface area contributed by atoms with Crippen molar-refractivity contribution >= 4 is 5.91 Å². The quantitative estimate of drug-likeness (QED) is 0.679. The van der Waals surface area contributed by atoms with Crippen LogP contribution in [0.15, 0.2) is 0 Å². The fourth-order valence-electron chi connectivity index (χ4n) is 2.03. The molecule has 1 amide bonds. The van der Waals surface area contributed by atoms with Crippen molar-refractivity contribution in [1.82, 2.24) is 4.90 Å². The number of carbonyl (C=O) groups is 1. The maximum atomic E-state index is 11.9. The van der Waals surface area contributed by atoms with Crippen molar-refractivity contribution in [3.05, 3.63) is 0 Å². The van der Waals surface area contributed by atoms with Gasteiger partial charge in [0.15, 0.2) is 0 Å². The number of nitrogens with two attached hydrogens (primary N) is 1. The second-order valence-corrected chi connectivity index (χ2v) is 4.17. The van der Waals surface area contributed by atoms with Crippen LogP contribution in [0.3, 0.4) is 0 Å². The molecule has 0 aliphatic heterocycles. The zero-order valence-corrected chi connectivity index (χ0v) is 8.83. The van der Waals surface area contributed by atoms with Crippen LogP contribution in [0, 0.1) is 0 Å². The van der Waals surface area contributed by atoms with Crippen molar-refractivity contribution in [3.63, 3.8) is 0 Å². The van der Waals surface area contributed by atoms with Crippen molar-refractivity contribution < 1.29 is 9.90 Å². The number of aliphatic hydroxyl groups is 1. The Kier molecular flexibility index (Phi) is 3.89. The number of amides is 1. The largest absolute Gasteiger partial charge is 0.395 e. The van der Waals surface area contributed by atoms with Gasteiger partial charge in [0.2, 0.25) is 5.91 Å². The van der Waals surface area contributed by atoms with Crippen molar-refractivity contribution in [2.24, 2.45) is 5.73 Å². The molecule has 0 aromatic rings. The first-order valence-electron chi connectivity index (χ1n) is 5.25. The minimum atomic E-state index is -0.665. The van der Waals surface area contributed by atoms with E-state index in [1.54, 1.807) is 7.05 Å². The number of rotatable bonds is 3. The van der Waals surface area contributed by atoms with Crippen molar-refractivity contribution in [3.8, 4) is 0 Å². The Balaban J connectivity index is 2.56. The minimum Gasteiger partial charge on any atom is -0.395 e. The molecule has 0 unspecified atom stereocenters. The lowest BCUT2D eigenvalue weighted by Gasteiger charge is -2.35. The molecule has 1 aliphatic carbocycles. The number of hydrogen-bond donors (Lipinski definition) is 2. The van der Waals surface area contributed by atoms with Crippen LogP contribution in [0.2, 0.25) is 0 Å². The molecule has 0 saturated heterocycles. The van der Waals surface area contributed by atoms with Gasteiger partial charge in [-0.2, -0.15) is 0 Å². The summed E-state index contributed by atoms with van der Waals surface area (Å²) in [6, 6.07) is 0. The Morgan fingerprint density at radius 2 is 2.00 bits per heavy atom. The number of likely N-dealkylation sites (N-methyl/N-ethyl adjacent to an activating group) is 1. The second kappa shape index (κ2) is 4.75. The molecule has 0 heterocycles. The van der Waals surface area contributed by atoms with Crippen molar-refractivity contribution in [2.45, 2.75) is 37.6 Å². The zero-order chi connectivity index (χ0) is 10.6. The lowest BCUT2D eigenvalue weighted by atomic mass is 9.81. The van der Waals surface area contributed by atoms with Gasteiger partial charge in [0, 0.05) is 13.6 Å². The Morgan fingerprint density at radius 3 is 2.50 bits per heavy atom.